The summed E-state index contributed by atoms with van der Waals surface area (Å²) in [6, 6.07) is 9.45. The normalized spacial score (nSPS) is 12.6. The molecule has 0 fully saturated rings. The molecule has 1 atom stereocenters. The second-order valence-corrected chi connectivity index (χ2v) is 3.42. The highest BCUT2D eigenvalue weighted by Gasteiger charge is 2.15. The van der Waals surface area contributed by atoms with Gasteiger partial charge in [0, 0.05) is 5.56 Å². The van der Waals surface area contributed by atoms with Crippen LogP contribution in [0.5, 0.6) is 0 Å². The van der Waals surface area contributed by atoms with E-state index in [2.05, 4.69) is 10.1 Å². The van der Waals surface area contributed by atoms with Crippen LogP contribution in [0.3, 0.4) is 0 Å². The van der Waals surface area contributed by atoms with Gasteiger partial charge < -0.3 is 15.4 Å². The van der Waals surface area contributed by atoms with Crippen LogP contribution in [0.15, 0.2) is 34.9 Å². The van der Waals surface area contributed by atoms with Gasteiger partial charge in [-0.15, -0.1) is 0 Å². The Balaban J connectivity index is 2.20. The minimum Gasteiger partial charge on any atom is -0.383 e. The summed E-state index contributed by atoms with van der Waals surface area (Å²) < 4.78 is 4.97. The van der Waals surface area contributed by atoms with Gasteiger partial charge in [-0.05, 0) is 13.0 Å². The van der Waals surface area contributed by atoms with Gasteiger partial charge in [0.25, 0.3) is 5.89 Å². The van der Waals surface area contributed by atoms with Gasteiger partial charge in [0.2, 0.25) is 5.82 Å². The molecule has 1 aromatic heterocycles. The van der Waals surface area contributed by atoms with Crippen molar-refractivity contribution in [3.63, 3.8) is 0 Å². The van der Waals surface area contributed by atoms with E-state index >= 15 is 0 Å². The van der Waals surface area contributed by atoms with Crippen molar-refractivity contribution in [2.75, 3.05) is 6.54 Å². The highest BCUT2D eigenvalue weighted by atomic mass is 16.5. The smallest absolute Gasteiger partial charge is 0.255 e. The molecule has 5 nitrogen and oxygen atoms in total. The predicted octanol–water partition coefficient (Wildman–Crippen LogP) is 1.12. The van der Waals surface area contributed by atoms with E-state index in [1.54, 1.807) is 0 Å². The number of nitrogens with two attached hydrogens (primary N) is 1. The molecule has 0 bridgehead atoms. The maximum Gasteiger partial charge on any atom is 0.255 e. The summed E-state index contributed by atoms with van der Waals surface area (Å²) in [5.41, 5.74) is 6.19. The van der Waals surface area contributed by atoms with Crippen molar-refractivity contribution in [1.82, 2.24) is 10.1 Å². The number of nitrogens with zero attached hydrogens (tertiary/aromatic N) is 2. The Bertz CT molecular complexity index is 442. The van der Waals surface area contributed by atoms with Gasteiger partial charge in [0.05, 0.1) is 0 Å². The van der Waals surface area contributed by atoms with E-state index in [1.807, 2.05) is 30.3 Å². The number of aromatic nitrogens is 2. The largest absolute Gasteiger partial charge is 0.383 e. The van der Waals surface area contributed by atoms with Crippen LogP contribution in [0.25, 0.3) is 11.4 Å². The zero-order valence-corrected chi connectivity index (χ0v) is 8.71. The summed E-state index contributed by atoms with van der Waals surface area (Å²) in [7, 11) is 0. The quantitative estimate of drug-likeness (QED) is 0.804. The van der Waals surface area contributed by atoms with Crippen molar-refractivity contribution >= 4 is 0 Å². The fourth-order valence-electron chi connectivity index (χ4n) is 1.36. The Morgan fingerprint density at radius 1 is 1.31 bits per heavy atom. The Hall–Kier alpha value is -1.72. The zero-order chi connectivity index (χ0) is 11.4. The van der Waals surface area contributed by atoms with E-state index in [0.717, 1.165) is 5.56 Å². The molecule has 1 unspecified atom stereocenters. The average molecular weight is 219 g/mol. The van der Waals surface area contributed by atoms with Gasteiger partial charge in [-0.2, -0.15) is 4.98 Å². The molecule has 0 amide bonds. The van der Waals surface area contributed by atoms with Gasteiger partial charge in [-0.25, -0.2) is 0 Å². The van der Waals surface area contributed by atoms with Gasteiger partial charge >= 0.3 is 0 Å². The molecule has 0 spiro atoms. The maximum atomic E-state index is 9.60. The van der Waals surface area contributed by atoms with Crippen LogP contribution in [0.4, 0.5) is 0 Å². The molecule has 0 saturated heterocycles. The van der Waals surface area contributed by atoms with E-state index in [4.69, 9.17) is 10.3 Å². The van der Waals surface area contributed by atoms with Crippen LogP contribution < -0.4 is 5.73 Å². The summed E-state index contributed by atoms with van der Waals surface area (Å²) in [5, 5.41) is 13.4. The Labute approximate surface area is 92.9 Å². The molecule has 0 radical (unpaired) electrons. The second kappa shape index (κ2) is 4.87. The standard InChI is InChI=1S/C11H13N3O2/c12-7-6-9(15)11-13-10(14-16-11)8-4-2-1-3-5-8/h1-5,9,15H,6-7,12H2. The number of rotatable bonds is 4. The molecule has 0 aliphatic heterocycles. The fraction of sp³-hybridized carbons (Fsp3) is 0.273. The summed E-state index contributed by atoms with van der Waals surface area (Å²) in [4.78, 5) is 4.12. The molecule has 0 saturated carbocycles. The number of hydrogen-bond acceptors (Lipinski definition) is 5. The molecule has 2 rings (SSSR count). The third kappa shape index (κ3) is 2.26. The number of hydrogen-bond donors (Lipinski definition) is 2. The zero-order valence-electron chi connectivity index (χ0n) is 8.71. The molecular weight excluding hydrogens is 206 g/mol. The van der Waals surface area contributed by atoms with Crippen molar-refractivity contribution < 1.29 is 9.63 Å². The second-order valence-electron chi connectivity index (χ2n) is 3.42. The van der Waals surface area contributed by atoms with E-state index in [-0.39, 0.29) is 5.89 Å². The van der Waals surface area contributed by atoms with Gasteiger partial charge in [0.1, 0.15) is 6.10 Å². The fourth-order valence-corrected chi connectivity index (χ4v) is 1.36. The molecule has 16 heavy (non-hydrogen) atoms. The Morgan fingerprint density at radius 2 is 2.06 bits per heavy atom. The molecule has 2 aromatic rings. The highest BCUT2D eigenvalue weighted by molar-refractivity contribution is 5.53. The molecule has 1 aromatic carbocycles. The SMILES string of the molecule is NCCC(O)c1nc(-c2ccccc2)no1. The predicted molar refractivity (Wildman–Crippen MR) is 58.4 cm³/mol. The van der Waals surface area contributed by atoms with Crippen molar-refractivity contribution in [1.29, 1.82) is 0 Å². The number of benzene rings is 1. The van der Waals surface area contributed by atoms with Gasteiger partial charge in [-0.3, -0.25) is 0 Å². The summed E-state index contributed by atoms with van der Waals surface area (Å²) in [5.74, 6) is 0.691. The van der Waals surface area contributed by atoms with Crippen molar-refractivity contribution in [2.45, 2.75) is 12.5 Å². The van der Waals surface area contributed by atoms with Crippen LogP contribution in [0, 0.1) is 0 Å². The molecule has 84 valence electrons. The van der Waals surface area contributed by atoms with Crippen LogP contribution in [-0.4, -0.2) is 21.8 Å². The molecule has 0 aliphatic carbocycles. The minimum atomic E-state index is -0.782. The summed E-state index contributed by atoms with van der Waals surface area (Å²) in [6.07, 6.45) is -0.369. The van der Waals surface area contributed by atoms with Crippen LogP contribution >= 0.6 is 0 Å². The lowest BCUT2D eigenvalue weighted by molar-refractivity contribution is 0.127. The van der Waals surface area contributed by atoms with Crippen LogP contribution in [0.2, 0.25) is 0 Å². The Morgan fingerprint density at radius 3 is 2.75 bits per heavy atom. The van der Waals surface area contributed by atoms with E-state index in [1.165, 1.54) is 0 Å². The van der Waals surface area contributed by atoms with Gasteiger partial charge in [0.15, 0.2) is 0 Å². The van der Waals surface area contributed by atoms with Crippen molar-refractivity contribution in [3.8, 4) is 11.4 Å². The van der Waals surface area contributed by atoms with Gasteiger partial charge in [-0.1, -0.05) is 35.5 Å². The third-order valence-electron chi connectivity index (χ3n) is 2.20. The minimum absolute atomic E-state index is 0.212. The third-order valence-corrected chi connectivity index (χ3v) is 2.20. The molecule has 3 N–H and O–H groups in total. The average Bonchev–Trinajstić information content (AvgIpc) is 2.80. The lowest BCUT2D eigenvalue weighted by atomic mass is 10.2. The first kappa shape index (κ1) is 10.8. The van der Waals surface area contributed by atoms with Crippen LogP contribution in [0.1, 0.15) is 18.4 Å². The van der Waals surface area contributed by atoms with Crippen molar-refractivity contribution in [2.24, 2.45) is 5.73 Å². The summed E-state index contributed by atoms with van der Waals surface area (Å²) >= 11 is 0. The molecule has 1 heterocycles. The number of aliphatic hydroxyl groups excluding tert-OH is 1. The summed E-state index contributed by atoms with van der Waals surface area (Å²) in [6.45, 7) is 0.379. The van der Waals surface area contributed by atoms with Crippen molar-refractivity contribution in [3.05, 3.63) is 36.2 Å². The topological polar surface area (TPSA) is 85.2 Å². The first-order chi connectivity index (χ1) is 7.81. The van der Waals surface area contributed by atoms with E-state index in [0.29, 0.717) is 18.8 Å². The molecule has 0 aliphatic rings. The lowest BCUT2D eigenvalue weighted by Gasteiger charge is -2.00. The number of aliphatic hydroxyl groups is 1. The lowest BCUT2D eigenvalue weighted by Crippen LogP contribution is -2.06. The monoisotopic (exact) mass is 219 g/mol. The first-order valence-electron chi connectivity index (χ1n) is 5.08. The Kier molecular flexibility index (Phi) is 3.28. The first-order valence-corrected chi connectivity index (χ1v) is 5.08. The van der Waals surface area contributed by atoms with E-state index in [9.17, 15) is 5.11 Å². The van der Waals surface area contributed by atoms with E-state index < -0.39 is 6.10 Å². The molecule has 5 heteroatoms. The van der Waals surface area contributed by atoms with Crippen LogP contribution in [-0.2, 0) is 0 Å². The molecular formula is C11H13N3O2. The maximum absolute atomic E-state index is 9.60. The highest BCUT2D eigenvalue weighted by Crippen LogP contribution is 2.19.